The maximum atomic E-state index is 13.2. The Bertz CT molecular complexity index is 993. The third kappa shape index (κ3) is 4.98. The van der Waals surface area contributed by atoms with E-state index in [2.05, 4.69) is 21.0 Å². The summed E-state index contributed by atoms with van der Waals surface area (Å²) >= 11 is 1.48. The van der Waals surface area contributed by atoms with Gasteiger partial charge in [-0.1, -0.05) is 19.9 Å². The number of nitrogens with zero attached hydrogens (tertiary/aromatic N) is 3. The molecule has 2 heterocycles. The van der Waals surface area contributed by atoms with Crippen LogP contribution in [-0.4, -0.2) is 21.1 Å². The van der Waals surface area contributed by atoms with Gasteiger partial charge < -0.3 is 5.73 Å². The Labute approximate surface area is 179 Å². The van der Waals surface area contributed by atoms with E-state index in [0.29, 0.717) is 17.8 Å². The van der Waals surface area contributed by atoms with Gasteiger partial charge in [-0.15, -0.1) is 11.3 Å². The van der Waals surface area contributed by atoms with E-state index in [4.69, 9.17) is 5.73 Å². The number of alkyl halides is 3. The highest BCUT2D eigenvalue weighted by atomic mass is 32.1. The van der Waals surface area contributed by atoms with Gasteiger partial charge in [0, 0.05) is 17.5 Å². The molecule has 30 heavy (non-hydrogen) atoms. The molecule has 3 aromatic rings. The summed E-state index contributed by atoms with van der Waals surface area (Å²) in [5.74, 6) is 0. The molecule has 0 unspecified atom stereocenters. The van der Waals surface area contributed by atoms with Crippen molar-refractivity contribution >= 4 is 17.0 Å². The lowest BCUT2D eigenvalue weighted by Gasteiger charge is -2.26. The largest absolute Gasteiger partial charge is 0.399 e. The zero-order valence-electron chi connectivity index (χ0n) is 18.1. The molecule has 162 valence electrons. The molecular weight excluding hydrogens is 409 g/mol. The zero-order valence-corrected chi connectivity index (χ0v) is 18.9. The Morgan fingerprint density at radius 1 is 0.967 bits per heavy atom. The molecule has 1 aromatic carbocycles. The van der Waals surface area contributed by atoms with E-state index >= 15 is 0 Å². The van der Waals surface area contributed by atoms with Crippen molar-refractivity contribution in [1.29, 1.82) is 0 Å². The molecule has 4 nitrogen and oxygen atoms in total. The van der Waals surface area contributed by atoms with Crippen molar-refractivity contribution < 1.29 is 13.2 Å². The van der Waals surface area contributed by atoms with Crippen LogP contribution < -0.4 is 5.73 Å². The van der Waals surface area contributed by atoms with Gasteiger partial charge >= 0.3 is 6.18 Å². The second kappa shape index (κ2) is 9.12. The van der Waals surface area contributed by atoms with E-state index in [9.17, 15) is 13.2 Å². The predicted octanol–water partition coefficient (Wildman–Crippen LogP) is 6.26. The number of anilines is 1. The first-order chi connectivity index (χ1) is 14.0. The Kier molecular flexibility index (Phi) is 7.23. The van der Waals surface area contributed by atoms with Crippen LogP contribution >= 0.6 is 11.3 Å². The molecule has 0 saturated carbocycles. The molecule has 8 heteroatoms. The Morgan fingerprint density at radius 3 is 2.20 bits per heavy atom. The molecule has 0 aliphatic heterocycles. The number of thiazole rings is 1. The molecule has 0 amide bonds. The van der Waals surface area contributed by atoms with E-state index < -0.39 is 11.6 Å². The first-order valence-electron chi connectivity index (χ1n) is 9.68. The van der Waals surface area contributed by atoms with Crippen LogP contribution in [0.1, 0.15) is 55.1 Å². The second-order valence-electron chi connectivity index (χ2n) is 7.35. The normalized spacial score (nSPS) is 11.8. The average molecular weight is 437 g/mol. The van der Waals surface area contributed by atoms with Gasteiger partial charge in [-0.3, -0.25) is 9.97 Å². The quantitative estimate of drug-likeness (QED) is 0.491. The fourth-order valence-electron chi connectivity index (χ4n) is 2.69. The summed E-state index contributed by atoms with van der Waals surface area (Å²) in [5.41, 5.74) is 8.83. The highest BCUT2D eigenvalue weighted by Gasteiger charge is 2.49. The minimum atomic E-state index is -4.40. The van der Waals surface area contributed by atoms with E-state index in [1.54, 1.807) is 0 Å². The minimum absolute atomic E-state index is 0.118. The van der Waals surface area contributed by atoms with Crippen molar-refractivity contribution in [2.75, 3.05) is 5.73 Å². The van der Waals surface area contributed by atoms with E-state index in [-0.39, 0.29) is 5.69 Å². The molecular formula is C22H27F3N4S. The standard InChI is InChI=1S/C20H21F3N4S.C2H6/c1-11-6-14(24)12(2)5-13(11)7-18-27-16(10-28-18)15-8-26-17(9-25-15)19(3,4)20(21,22)23;1-2/h5-6,8-10H,7,24H2,1-4H3;1-2H3. The fraction of sp³-hybridized carbons (Fsp3) is 0.409. The number of rotatable bonds is 4. The topological polar surface area (TPSA) is 64.7 Å². The average Bonchev–Trinajstić information content (AvgIpc) is 3.15. The molecule has 0 saturated heterocycles. The smallest absolute Gasteiger partial charge is 0.399 e. The summed E-state index contributed by atoms with van der Waals surface area (Å²) in [5, 5.41) is 2.73. The molecule has 3 rings (SSSR count). The van der Waals surface area contributed by atoms with Gasteiger partial charge in [-0.25, -0.2) is 4.98 Å². The Balaban J connectivity index is 0.00000155. The van der Waals surface area contributed by atoms with Crippen molar-refractivity contribution in [3.05, 3.63) is 57.3 Å². The van der Waals surface area contributed by atoms with Crippen LogP contribution in [0.4, 0.5) is 18.9 Å². The number of benzene rings is 1. The molecule has 0 aliphatic rings. The van der Waals surface area contributed by atoms with Crippen LogP contribution in [0.3, 0.4) is 0 Å². The number of nitrogen functional groups attached to an aromatic ring is 1. The zero-order chi connectivity index (χ0) is 22.7. The number of hydrogen-bond donors (Lipinski definition) is 1. The lowest BCUT2D eigenvalue weighted by molar-refractivity contribution is -0.181. The molecule has 0 atom stereocenters. The minimum Gasteiger partial charge on any atom is -0.399 e. The number of nitrogens with two attached hydrogens (primary N) is 1. The van der Waals surface area contributed by atoms with Gasteiger partial charge in [-0.05, 0) is 50.5 Å². The van der Waals surface area contributed by atoms with Gasteiger partial charge in [0.25, 0.3) is 0 Å². The Hall–Kier alpha value is -2.48. The summed E-state index contributed by atoms with van der Waals surface area (Å²) < 4.78 is 39.5. The number of hydrogen-bond acceptors (Lipinski definition) is 5. The molecule has 0 bridgehead atoms. The van der Waals surface area contributed by atoms with Gasteiger partial charge in [0.05, 0.1) is 23.1 Å². The molecule has 0 spiro atoms. The van der Waals surface area contributed by atoms with Gasteiger partial charge in [0.1, 0.15) is 16.8 Å². The monoisotopic (exact) mass is 436 g/mol. The van der Waals surface area contributed by atoms with Crippen LogP contribution in [0.5, 0.6) is 0 Å². The maximum Gasteiger partial charge on any atom is 0.399 e. The first-order valence-corrected chi connectivity index (χ1v) is 10.6. The lowest BCUT2D eigenvalue weighted by Crippen LogP contribution is -2.37. The van der Waals surface area contributed by atoms with Crippen molar-refractivity contribution in [2.45, 2.75) is 59.6 Å². The highest BCUT2D eigenvalue weighted by molar-refractivity contribution is 7.10. The number of aromatic nitrogens is 3. The van der Waals surface area contributed by atoms with Gasteiger partial charge in [0.15, 0.2) is 0 Å². The fourth-order valence-corrected chi connectivity index (χ4v) is 3.50. The van der Waals surface area contributed by atoms with Crippen molar-refractivity contribution in [1.82, 2.24) is 15.0 Å². The first kappa shape index (κ1) is 23.8. The van der Waals surface area contributed by atoms with Crippen molar-refractivity contribution in [3.8, 4) is 11.4 Å². The molecule has 2 N–H and O–H groups in total. The summed E-state index contributed by atoms with van der Waals surface area (Å²) in [4.78, 5) is 12.7. The second-order valence-corrected chi connectivity index (χ2v) is 8.29. The Morgan fingerprint density at radius 2 is 1.63 bits per heavy atom. The summed E-state index contributed by atoms with van der Waals surface area (Å²) in [6.07, 6.45) is -1.22. The van der Waals surface area contributed by atoms with E-state index in [0.717, 1.165) is 41.2 Å². The van der Waals surface area contributed by atoms with Gasteiger partial charge in [0.2, 0.25) is 0 Å². The third-order valence-corrected chi connectivity index (χ3v) is 5.73. The van der Waals surface area contributed by atoms with Crippen LogP contribution in [0.2, 0.25) is 0 Å². The maximum absolute atomic E-state index is 13.2. The summed E-state index contributed by atoms with van der Waals surface area (Å²) in [6, 6.07) is 4.01. The van der Waals surface area contributed by atoms with Crippen LogP contribution in [0, 0.1) is 13.8 Å². The van der Waals surface area contributed by atoms with Gasteiger partial charge in [-0.2, -0.15) is 13.2 Å². The van der Waals surface area contributed by atoms with Crippen molar-refractivity contribution in [2.24, 2.45) is 0 Å². The molecule has 2 aromatic heterocycles. The highest BCUT2D eigenvalue weighted by Crippen LogP contribution is 2.39. The lowest BCUT2D eigenvalue weighted by atomic mass is 9.89. The predicted molar refractivity (Wildman–Crippen MR) is 117 cm³/mol. The number of aryl methyl sites for hydroxylation is 2. The van der Waals surface area contributed by atoms with Crippen LogP contribution in [0.15, 0.2) is 29.9 Å². The van der Waals surface area contributed by atoms with Crippen LogP contribution in [0.25, 0.3) is 11.4 Å². The number of halogens is 3. The summed E-state index contributed by atoms with van der Waals surface area (Å²) in [7, 11) is 0. The van der Waals surface area contributed by atoms with Crippen LogP contribution in [-0.2, 0) is 11.8 Å². The molecule has 0 aliphatic carbocycles. The van der Waals surface area contributed by atoms with E-state index in [1.807, 2.05) is 39.1 Å². The van der Waals surface area contributed by atoms with E-state index in [1.165, 1.54) is 23.7 Å². The summed E-state index contributed by atoms with van der Waals surface area (Å²) in [6.45, 7) is 10.2. The SMILES string of the molecule is CC.Cc1cc(Cc2nc(-c3cnc(C(C)(C)C(F)(F)F)cn3)cs2)c(C)cc1N. The molecule has 0 fully saturated rings. The van der Waals surface area contributed by atoms with Crippen molar-refractivity contribution in [3.63, 3.8) is 0 Å². The molecule has 0 radical (unpaired) electrons. The third-order valence-electron chi connectivity index (χ3n) is 4.88.